The summed E-state index contributed by atoms with van der Waals surface area (Å²) in [6.07, 6.45) is 0.320. The number of fused-ring (bicyclic) bond motifs is 1. The predicted octanol–water partition coefficient (Wildman–Crippen LogP) is 1.77. The molecule has 84 valence electrons. The number of nitriles is 1. The maximum atomic E-state index is 8.75. The number of hydrogen-bond donors (Lipinski definition) is 1. The van der Waals surface area contributed by atoms with Crippen LogP contribution < -0.4 is 15.4 Å². The Labute approximate surface area is 95.2 Å². The number of nitrogens with zero attached hydrogens (tertiary/aromatic N) is 2. The van der Waals surface area contributed by atoms with Crippen LogP contribution in [0, 0.1) is 11.3 Å². The van der Waals surface area contributed by atoms with Crippen molar-refractivity contribution < 1.29 is 4.74 Å². The quantitative estimate of drug-likeness (QED) is 0.728. The van der Waals surface area contributed by atoms with E-state index in [0.717, 1.165) is 17.1 Å². The third-order valence-electron chi connectivity index (χ3n) is 3.08. The van der Waals surface area contributed by atoms with Crippen LogP contribution in [0.1, 0.15) is 13.3 Å². The first-order valence-corrected chi connectivity index (χ1v) is 5.29. The average molecular weight is 217 g/mol. The van der Waals surface area contributed by atoms with Gasteiger partial charge in [-0.15, -0.1) is 0 Å². The van der Waals surface area contributed by atoms with Crippen molar-refractivity contribution in [3.8, 4) is 11.8 Å². The number of benzene rings is 1. The zero-order chi connectivity index (χ0) is 11.7. The summed E-state index contributed by atoms with van der Waals surface area (Å²) in [5, 5.41) is 8.75. The summed E-state index contributed by atoms with van der Waals surface area (Å²) in [6, 6.07) is 7.90. The number of ether oxygens (including phenoxy) is 1. The van der Waals surface area contributed by atoms with E-state index in [9.17, 15) is 0 Å². The molecule has 0 aromatic heterocycles. The van der Waals surface area contributed by atoms with Gasteiger partial charge in [0.2, 0.25) is 0 Å². The van der Waals surface area contributed by atoms with Crippen molar-refractivity contribution in [1.82, 2.24) is 0 Å². The van der Waals surface area contributed by atoms with Crippen molar-refractivity contribution >= 4 is 11.4 Å². The Kier molecular flexibility index (Phi) is 2.61. The molecule has 2 N–H and O–H groups in total. The van der Waals surface area contributed by atoms with Gasteiger partial charge in [-0.25, -0.2) is 0 Å². The van der Waals surface area contributed by atoms with Gasteiger partial charge in [-0.05, 0) is 25.1 Å². The highest BCUT2D eigenvalue weighted by atomic mass is 16.5. The Morgan fingerprint density at radius 1 is 1.56 bits per heavy atom. The van der Waals surface area contributed by atoms with Crippen molar-refractivity contribution in [3.63, 3.8) is 0 Å². The number of rotatable bonds is 1. The molecule has 2 unspecified atom stereocenters. The summed E-state index contributed by atoms with van der Waals surface area (Å²) in [6.45, 7) is 2.05. The standard InChI is InChI=1S/C12H15N3O/c1-8-11(5-6-13)16-12-4-3-9(14)7-10(12)15(8)2/h3-4,7-8,11H,5,14H2,1-2H3. The highest BCUT2D eigenvalue weighted by molar-refractivity contribution is 5.66. The van der Waals surface area contributed by atoms with Crippen LogP contribution in [0.15, 0.2) is 18.2 Å². The van der Waals surface area contributed by atoms with E-state index in [-0.39, 0.29) is 12.1 Å². The van der Waals surface area contributed by atoms with Crippen molar-refractivity contribution in [2.45, 2.75) is 25.5 Å². The first-order valence-electron chi connectivity index (χ1n) is 5.29. The maximum Gasteiger partial charge on any atom is 0.143 e. The van der Waals surface area contributed by atoms with E-state index in [0.29, 0.717) is 6.42 Å². The largest absolute Gasteiger partial charge is 0.485 e. The minimum atomic E-state index is -0.0777. The lowest BCUT2D eigenvalue weighted by Gasteiger charge is -2.39. The second-order valence-electron chi connectivity index (χ2n) is 4.10. The van der Waals surface area contributed by atoms with Crippen LogP contribution in [0.25, 0.3) is 0 Å². The first kappa shape index (κ1) is 10.6. The van der Waals surface area contributed by atoms with Crippen LogP contribution in [-0.2, 0) is 0 Å². The molecule has 2 atom stereocenters. The van der Waals surface area contributed by atoms with Crippen LogP contribution in [-0.4, -0.2) is 19.2 Å². The van der Waals surface area contributed by atoms with Crippen molar-refractivity contribution in [3.05, 3.63) is 18.2 Å². The molecule has 0 amide bonds. The lowest BCUT2D eigenvalue weighted by atomic mass is 10.0. The lowest BCUT2D eigenvalue weighted by Crippen LogP contribution is -2.45. The maximum absolute atomic E-state index is 8.75. The van der Waals surface area contributed by atoms with Crippen LogP contribution >= 0.6 is 0 Å². The topological polar surface area (TPSA) is 62.3 Å². The van der Waals surface area contributed by atoms with Crippen molar-refractivity contribution in [2.75, 3.05) is 17.7 Å². The van der Waals surface area contributed by atoms with E-state index < -0.39 is 0 Å². The monoisotopic (exact) mass is 217 g/mol. The molecule has 0 saturated heterocycles. The minimum absolute atomic E-state index is 0.0777. The highest BCUT2D eigenvalue weighted by Crippen LogP contribution is 2.37. The van der Waals surface area contributed by atoms with Gasteiger partial charge in [0.05, 0.1) is 24.2 Å². The van der Waals surface area contributed by atoms with Gasteiger partial charge in [-0.3, -0.25) is 0 Å². The minimum Gasteiger partial charge on any atom is -0.485 e. The summed E-state index contributed by atoms with van der Waals surface area (Å²) in [7, 11) is 2.00. The summed E-state index contributed by atoms with van der Waals surface area (Å²) in [5.41, 5.74) is 7.46. The van der Waals surface area contributed by atoms with E-state index in [1.54, 1.807) is 0 Å². The zero-order valence-electron chi connectivity index (χ0n) is 9.47. The molecule has 1 aromatic carbocycles. The Balaban J connectivity index is 2.37. The molecule has 1 aromatic rings. The predicted molar refractivity (Wildman–Crippen MR) is 63.4 cm³/mol. The smallest absolute Gasteiger partial charge is 0.143 e. The third kappa shape index (κ3) is 1.65. The van der Waals surface area contributed by atoms with Gasteiger partial charge in [0.25, 0.3) is 0 Å². The molecule has 0 bridgehead atoms. The number of nitrogen functional groups attached to an aromatic ring is 1. The number of hydrogen-bond acceptors (Lipinski definition) is 4. The fraction of sp³-hybridized carbons (Fsp3) is 0.417. The van der Waals surface area contributed by atoms with Gasteiger partial charge in [0, 0.05) is 12.7 Å². The summed E-state index contributed by atoms with van der Waals surface area (Å²) in [5.74, 6) is 0.801. The molecule has 0 fully saturated rings. The average Bonchev–Trinajstić information content (AvgIpc) is 2.27. The van der Waals surface area contributed by atoms with E-state index >= 15 is 0 Å². The molecule has 0 spiro atoms. The van der Waals surface area contributed by atoms with Gasteiger partial charge in [0.15, 0.2) is 0 Å². The first-order chi connectivity index (χ1) is 7.63. The molecule has 2 rings (SSSR count). The third-order valence-corrected chi connectivity index (χ3v) is 3.08. The number of anilines is 2. The van der Waals surface area contributed by atoms with Crippen LogP contribution in [0.4, 0.5) is 11.4 Å². The van der Waals surface area contributed by atoms with Crippen molar-refractivity contribution in [1.29, 1.82) is 5.26 Å². The Hall–Kier alpha value is -1.89. The molecule has 0 saturated carbocycles. The van der Waals surface area contributed by atoms with Gasteiger partial charge in [0.1, 0.15) is 11.9 Å². The molecular weight excluding hydrogens is 202 g/mol. The Morgan fingerprint density at radius 3 is 3.00 bits per heavy atom. The van der Waals surface area contributed by atoms with Gasteiger partial charge in [-0.2, -0.15) is 5.26 Å². The molecule has 16 heavy (non-hydrogen) atoms. The molecule has 1 heterocycles. The van der Waals surface area contributed by atoms with Gasteiger partial charge >= 0.3 is 0 Å². The SMILES string of the molecule is CC1C(CC#N)Oc2ccc(N)cc2N1C. The number of likely N-dealkylation sites (N-methyl/N-ethyl adjacent to an activating group) is 1. The normalized spacial score (nSPS) is 23.2. The Morgan fingerprint density at radius 2 is 2.31 bits per heavy atom. The van der Waals surface area contributed by atoms with E-state index in [1.807, 2.05) is 32.2 Å². The number of nitrogens with two attached hydrogens (primary N) is 1. The molecule has 4 nitrogen and oxygen atoms in total. The molecule has 0 aliphatic carbocycles. The van der Waals surface area contributed by atoms with E-state index in [2.05, 4.69) is 11.0 Å². The van der Waals surface area contributed by atoms with Crippen LogP contribution in [0.5, 0.6) is 5.75 Å². The van der Waals surface area contributed by atoms with Crippen LogP contribution in [0.2, 0.25) is 0 Å². The molecule has 0 radical (unpaired) electrons. The van der Waals surface area contributed by atoms with E-state index in [1.165, 1.54) is 0 Å². The second-order valence-corrected chi connectivity index (χ2v) is 4.10. The fourth-order valence-corrected chi connectivity index (χ4v) is 1.94. The second kappa shape index (κ2) is 3.93. The summed E-state index contributed by atoms with van der Waals surface area (Å²) < 4.78 is 5.79. The highest BCUT2D eigenvalue weighted by Gasteiger charge is 2.30. The van der Waals surface area contributed by atoms with Gasteiger partial charge in [-0.1, -0.05) is 0 Å². The van der Waals surface area contributed by atoms with Gasteiger partial charge < -0.3 is 15.4 Å². The fourth-order valence-electron chi connectivity index (χ4n) is 1.94. The molecule has 4 heteroatoms. The lowest BCUT2D eigenvalue weighted by molar-refractivity contribution is 0.165. The summed E-state index contributed by atoms with van der Waals surface area (Å²) >= 11 is 0. The summed E-state index contributed by atoms with van der Waals surface area (Å²) in [4.78, 5) is 2.11. The molecule has 1 aliphatic rings. The van der Waals surface area contributed by atoms with E-state index in [4.69, 9.17) is 15.7 Å². The van der Waals surface area contributed by atoms with Crippen molar-refractivity contribution in [2.24, 2.45) is 0 Å². The molecule has 1 aliphatic heterocycles. The molecular formula is C12H15N3O. The zero-order valence-corrected chi connectivity index (χ0v) is 9.47. The van der Waals surface area contributed by atoms with Crippen LogP contribution in [0.3, 0.4) is 0 Å². The Bertz CT molecular complexity index is 438.